The molecule has 3 nitrogen and oxygen atoms in total. The first-order chi connectivity index (χ1) is 9.85. The van der Waals surface area contributed by atoms with E-state index in [-0.39, 0.29) is 0 Å². The van der Waals surface area contributed by atoms with E-state index >= 15 is 0 Å². The second-order valence-electron chi connectivity index (χ2n) is 4.90. The normalized spacial score (nSPS) is 13.7. The van der Waals surface area contributed by atoms with Gasteiger partial charge in [0.15, 0.2) is 0 Å². The lowest BCUT2D eigenvalue weighted by Gasteiger charge is -2.24. The summed E-state index contributed by atoms with van der Waals surface area (Å²) in [6.07, 6.45) is 1.78. The highest BCUT2D eigenvalue weighted by molar-refractivity contribution is 7.43. The van der Waals surface area contributed by atoms with Crippen molar-refractivity contribution in [3.05, 3.63) is 47.5 Å². The Kier molecular flexibility index (Phi) is 4.02. The van der Waals surface area contributed by atoms with Gasteiger partial charge in [0, 0.05) is 10.9 Å². The van der Waals surface area contributed by atoms with Crippen LogP contribution in [0.25, 0.3) is 11.1 Å². The molecular weight excluding hydrogens is 267 g/mol. The Balaban J connectivity index is 2.15. The molecule has 4 heteroatoms. The van der Waals surface area contributed by atoms with Crippen LogP contribution in [-0.4, -0.2) is 13.1 Å². The molecule has 1 aliphatic heterocycles. The number of para-hydroxylation sites is 1. The van der Waals surface area contributed by atoms with E-state index < -0.39 is 0 Å². The van der Waals surface area contributed by atoms with Gasteiger partial charge in [-0.1, -0.05) is 30.3 Å². The zero-order valence-electron chi connectivity index (χ0n) is 11.4. The van der Waals surface area contributed by atoms with E-state index in [2.05, 4.69) is 24.3 Å². The summed E-state index contributed by atoms with van der Waals surface area (Å²) < 4.78 is 5.93. The summed E-state index contributed by atoms with van der Waals surface area (Å²) in [6.45, 7) is 1.32. The van der Waals surface area contributed by atoms with Gasteiger partial charge in [-0.15, -0.1) is 0 Å². The molecule has 2 aromatic carbocycles. The fourth-order valence-electron chi connectivity index (χ4n) is 2.74. The van der Waals surface area contributed by atoms with Crippen LogP contribution in [0.3, 0.4) is 0 Å². The Labute approximate surface area is 121 Å². The topological polar surface area (TPSA) is 61.3 Å². The van der Waals surface area contributed by atoms with Gasteiger partial charge in [-0.3, -0.25) is 0 Å². The van der Waals surface area contributed by atoms with Gasteiger partial charge in [0.05, 0.1) is 0 Å². The summed E-state index contributed by atoms with van der Waals surface area (Å²) in [5.74, 6) is 0.976. The number of rotatable bonds is 4. The van der Waals surface area contributed by atoms with Crippen molar-refractivity contribution in [3.63, 3.8) is 0 Å². The Morgan fingerprint density at radius 1 is 0.900 bits per heavy atom. The maximum absolute atomic E-state index is 5.93. The molecule has 4 N–H and O–H groups in total. The number of benzene rings is 2. The molecule has 104 valence electrons. The zero-order valence-corrected chi connectivity index (χ0v) is 12.4. The van der Waals surface area contributed by atoms with Crippen molar-refractivity contribution in [2.24, 2.45) is 11.5 Å². The average molecular weight is 286 g/mol. The highest BCUT2D eigenvalue weighted by Crippen LogP contribution is 2.40. The van der Waals surface area contributed by atoms with Crippen LogP contribution < -0.4 is 21.3 Å². The Hall–Kier alpha value is -1.41. The van der Waals surface area contributed by atoms with Crippen molar-refractivity contribution in [2.75, 3.05) is 13.1 Å². The average Bonchev–Trinajstić information content (AvgIpc) is 2.49. The van der Waals surface area contributed by atoms with Gasteiger partial charge in [-0.25, -0.2) is 0 Å². The Bertz CT molecular complexity index is 628. The van der Waals surface area contributed by atoms with Gasteiger partial charge in [0.1, 0.15) is 14.6 Å². The fraction of sp³-hybridized carbons (Fsp3) is 0.250. The number of hydrogen-bond donors (Lipinski definition) is 2. The lowest BCUT2D eigenvalue weighted by molar-refractivity contribution is 0.637. The molecule has 0 aliphatic carbocycles. The number of nitrogens with two attached hydrogens (primary N) is 2. The van der Waals surface area contributed by atoms with Crippen LogP contribution >= 0.6 is 8.81 Å². The monoisotopic (exact) mass is 286 g/mol. The first-order valence-corrected chi connectivity index (χ1v) is 7.83. The molecule has 0 spiro atoms. The summed E-state index contributed by atoms with van der Waals surface area (Å²) >= 11 is 0. The molecule has 1 heterocycles. The van der Waals surface area contributed by atoms with Gasteiger partial charge in [-0.2, -0.15) is 0 Å². The van der Waals surface area contributed by atoms with E-state index in [1.54, 1.807) is 0 Å². The van der Waals surface area contributed by atoms with Gasteiger partial charge in [0.2, 0.25) is 0 Å². The molecular formula is C16H19N2OP. The quantitative estimate of drug-likeness (QED) is 0.845. The summed E-state index contributed by atoms with van der Waals surface area (Å²) in [7, 11) is 0.353. The predicted octanol–water partition coefficient (Wildman–Crippen LogP) is 1.97. The fourth-order valence-corrected chi connectivity index (χ4v) is 3.86. The Morgan fingerprint density at radius 3 is 2.50 bits per heavy atom. The summed E-state index contributed by atoms with van der Waals surface area (Å²) in [4.78, 5) is 0. The highest BCUT2D eigenvalue weighted by Gasteiger charge is 2.21. The van der Waals surface area contributed by atoms with E-state index in [9.17, 15) is 0 Å². The summed E-state index contributed by atoms with van der Waals surface area (Å²) in [5, 5.41) is 1.31. The van der Waals surface area contributed by atoms with Crippen molar-refractivity contribution in [3.8, 4) is 16.9 Å². The van der Waals surface area contributed by atoms with Crippen molar-refractivity contribution in [2.45, 2.75) is 12.8 Å². The molecule has 2 aromatic rings. The van der Waals surface area contributed by atoms with E-state index in [1.807, 2.05) is 12.1 Å². The van der Waals surface area contributed by atoms with Crippen LogP contribution in [0, 0.1) is 0 Å². The predicted molar refractivity (Wildman–Crippen MR) is 86.0 cm³/mol. The standard InChI is InChI=1S/C16H19N2OP/c17-9-7-11-5-6-14-13-3-1-2-4-15(13)19-20-16(14)12(11)8-10-18/h1-6,20H,7-10,17-18H2. The van der Waals surface area contributed by atoms with Crippen molar-refractivity contribution >= 4 is 14.1 Å². The number of hydrogen-bond acceptors (Lipinski definition) is 3. The third kappa shape index (κ3) is 2.33. The second kappa shape index (κ2) is 5.92. The lowest BCUT2D eigenvalue weighted by atomic mass is 9.95. The van der Waals surface area contributed by atoms with E-state index in [0.29, 0.717) is 21.9 Å². The van der Waals surface area contributed by atoms with Crippen molar-refractivity contribution in [1.29, 1.82) is 0 Å². The minimum atomic E-state index is 0.353. The van der Waals surface area contributed by atoms with Crippen LogP contribution in [0.1, 0.15) is 11.1 Å². The molecule has 0 aromatic heterocycles. The molecule has 0 amide bonds. The Morgan fingerprint density at radius 2 is 1.70 bits per heavy atom. The van der Waals surface area contributed by atoms with Crippen molar-refractivity contribution in [1.82, 2.24) is 0 Å². The largest absolute Gasteiger partial charge is 0.472 e. The molecule has 3 rings (SSSR count). The van der Waals surface area contributed by atoms with E-state index in [1.165, 1.54) is 27.6 Å². The molecule has 0 saturated heterocycles. The van der Waals surface area contributed by atoms with E-state index in [0.717, 1.165) is 18.6 Å². The SMILES string of the molecule is NCCc1ccc2c(c1CCN)POc1ccccc1-2. The van der Waals surface area contributed by atoms with Crippen LogP contribution in [0.4, 0.5) is 0 Å². The molecule has 0 radical (unpaired) electrons. The zero-order chi connectivity index (χ0) is 13.9. The van der Waals surface area contributed by atoms with Gasteiger partial charge in [0.25, 0.3) is 0 Å². The van der Waals surface area contributed by atoms with Crippen LogP contribution in [0.15, 0.2) is 36.4 Å². The van der Waals surface area contributed by atoms with E-state index in [4.69, 9.17) is 16.0 Å². The summed E-state index contributed by atoms with van der Waals surface area (Å²) in [6, 6.07) is 12.6. The van der Waals surface area contributed by atoms with Gasteiger partial charge >= 0.3 is 0 Å². The first-order valence-electron chi connectivity index (χ1n) is 6.92. The van der Waals surface area contributed by atoms with Crippen LogP contribution in [0.5, 0.6) is 5.75 Å². The van der Waals surface area contributed by atoms with Gasteiger partial charge < -0.3 is 16.0 Å². The molecule has 1 atom stereocenters. The molecule has 0 fully saturated rings. The van der Waals surface area contributed by atoms with Crippen LogP contribution in [0.2, 0.25) is 0 Å². The molecule has 1 aliphatic rings. The first kappa shape index (κ1) is 13.6. The van der Waals surface area contributed by atoms with Crippen LogP contribution in [-0.2, 0) is 12.8 Å². The maximum atomic E-state index is 5.93. The maximum Gasteiger partial charge on any atom is 0.131 e. The third-order valence-corrected chi connectivity index (χ3v) is 4.76. The number of fused-ring (bicyclic) bond motifs is 3. The minimum Gasteiger partial charge on any atom is -0.472 e. The molecule has 1 unspecified atom stereocenters. The minimum absolute atomic E-state index is 0.353. The molecule has 0 bridgehead atoms. The lowest BCUT2D eigenvalue weighted by Crippen LogP contribution is -2.20. The van der Waals surface area contributed by atoms with Crippen molar-refractivity contribution < 1.29 is 4.52 Å². The highest BCUT2D eigenvalue weighted by atomic mass is 31.1. The molecule has 0 saturated carbocycles. The second-order valence-corrected chi connectivity index (χ2v) is 5.81. The third-order valence-electron chi connectivity index (χ3n) is 3.66. The summed E-state index contributed by atoms with van der Waals surface area (Å²) in [5.41, 5.74) is 16.6. The molecule has 20 heavy (non-hydrogen) atoms. The van der Waals surface area contributed by atoms with Gasteiger partial charge in [-0.05, 0) is 48.7 Å². The smallest absolute Gasteiger partial charge is 0.131 e.